The molecule has 2 fully saturated rings. The average Bonchev–Trinajstić information content (AvgIpc) is 3.25. The Morgan fingerprint density at radius 3 is 2.67 bits per heavy atom. The molecular weight excluding hydrogens is 260 g/mol. The van der Waals surface area contributed by atoms with Crippen molar-refractivity contribution in [2.75, 3.05) is 19.6 Å². The van der Waals surface area contributed by atoms with Crippen LogP contribution < -0.4 is 5.32 Å². The number of likely N-dealkylation sites (tertiary alicyclic amines) is 1. The maximum atomic E-state index is 5.93. The van der Waals surface area contributed by atoms with E-state index in [4.69, 9.17) is 4.42 Å². The number of benzene rings is 1. The molecule has 0 amide bonds. The van der Waals surface area contributed by atoms with E-state index in [2.05, 4.69) is 28.4 Å². The number of furan rings is 1. The molecule has 1 aliphatic heterocycles. The molecule has 3 nitrogen and oxygen atoms in total. The van der Waals surface area contributed by atoms with Gasteiger partial charge in [-0.25, -0.2) is 0 Å². The summed E-state index contributed by atoms with van der Waals surface area (Å²) in [7, 11) is 0. The molecule has 1 aromatic heterocycles. The molecule has 1 N–H and O–H groups in total. The summed E-state index contributed by atoms with van der Waals surface area (Å²) in [6.45, 7) is 4.55. The van der Waals surface area contributed by atoms with Crippen LogP contribution >= 0.6 is 0 Å². The molecule has 0 spiro atoms. The van der Waals surface area contributed by atoms with E-state index >= 15 is 0 Å². The number of hydrogen-bond acceptors (Lipinski definition) is 3. The highest BCUT2D eigenvalue weighted by atomic mass is 16.3. The number of piperidine rings is 1. The highest BCUT2D eigenvalue weighted by Crippen LogP contribution is 2.28. The zero-order chi connectivity index (χ0) is 14.1. The van der Waals surface area contributed by atoms with Crippen LogP contribution in [-0.4, -0.2) is 30.6 Å². The van der Waals surface area contributed by atoms with Gasteiger partial charge < -0.3 is 9.73 Å². The molecule has 0 atom stereocenters. The summed E-state index contributed by atoms with van der Waals surface area (Å²) in [5, 5.41) is 4.96. The van der Waals surface area contributed by atoms with Crippen molar-refractivity contribution >= 4 is 11.0 Å². The lowest BCUT2D eigenvalue weighted by Crippen LogP contribution is -2.42. The quantitative estimate of drug-likeness (QED) is 0.912. The molecule has 1 saturated heterocycles. The van der Waals surface area contributed by atoms with Crippen LogP contribution in [-0.2, 0) is 6.54 Å². The van der Waals surface area contributed by atoms with Gasteiger partial charge in [-0.1, -0.05) is 18.2 Å². The van der Waals surface area contributed by atoms with Crippen molar-refractivity contribution in [3.05, 3.63) is 36.1 Å². The number of hydrogen-bond donors (Lipinski definition) is 1. The van der Waals surface area contributed by atoms with Crippen LogP contribution in [0.5, 0.6) is 0 Å². The standard InChI is InChI=1S/C18H24N2O/c1-2-4-18-15(3-1)11-17(21-18)13-20-9-7-16(8-10-20)19-12-14-5-6-14/h1-4,11,14,16,19H,5-10,12-13H2. The Hall–Kier alpha value is -1.32. The average molecular weight is 284 g/mol. The van der Waals surface area contributed by atoms with Crippen LogP contribution in [0, 0.1) is 5.92 Å². The molecule has 112 valence electrons. The topological polar surface area (TPSA) is 28.4 Å². The van der Waals surface area contributed by atoms with Gasteiger partial charge >= 0.3 is 0 Å². The second-order valence-corrected chi connectivity index (χ2v) is 6.65. The van der Waals surface area contributed by atoms with Gasteiger partial charge in [-0.2, -0.15) is 0 Å². The minimum Gasteiger partial charge on any atom is -0.460 e. The molecule has 1 saturated carbocycles. The van der Waals surface area contributed by atoms with Crippen LogP contribution in [0.15, 0.2) is 34.7 Å². The van der Waals surface area contributed by atoms with E-state index in [-0.39, 0.29) is 0 Å². The predicted molar refractivity (Wildman–Crippen MR) is 85.2 cm³/mol. The van der Waals surface area contributed by atoms with E-state index < -0.39 is 0 Å². The van der Waals surface area contributed by atoms with Gasteiger partial charge in [-0.3, -0.25) is 4.90 Å². The normalized spacial score (nSPS) is 21.1. The Morgan fingerprint density at radius 1 is 1.10 bits per heavy atom. The first kappa shape index (κ1) is 13.4. The fourth-order valence-corrected chi connectivity index (χ4v) is 3.29. The lowest BCUT2D eigenvalue weighted by Gasteiger charge is -2.31. The lowest BCUT2D eigenvalue weighted by molar-refractivity contribution is 0.179. The minimum atomic E-state index is 0.734. The third-order valence-electron chi connectivity index (χ3n) is 4.84. The van der Waals surface area contributed by atoms with Gasteiger partial charge in [0.1, 0.15) is 11.3 Å². The fraction of sp³-hybridized carbons (Fsp3) is 0.556. The maximum absolute atomic E-state index is 5.93. The summed E-state index contributed by atoms with van der Waals surface area (Å²) < 4.78 is 5.93. The van der Waals surface area contributed by atoms with Crippen LogP contribution in [0.2, 0.25) is 0 Å². The number of rotatable bonds is 5. The number of nitrogens with one attached hydrogen (secondary N) is 1. The molecule has 4 rings (SSSR count). The molecule has 2 aromatic rings. The largest absolute Gasteiger partial charge is 0.460 e. The van der Waals surface area contributed by atoms with Gasteiger partial charge in [0.25, 0.3) is 0 Å². The van der Waals surface area contributed by atoms with Crippen molar-refractivity contribution in [1.82, 2.24) is 10.2 Å². The van der Waals surface area contributed by atoms with E-state index in [1.807, 2.05) is 12.1 Å². The van der Waals surface area contributed by atoms with Crippen LogP contribution in [0.25, 0.3) is 11.0 Å². The van der Waals surface area contributed by atoms with Crippen molar-refractivity contribution in [2.24, 2.45) is 5.92 Å². The Morgan fingerprint density at radius 2 is 1.90 bits per heavy atom. The molecular formula is C18H24N2O. The first-order chi connectivity index (χ1) is 10.4. The summed E-state index contributed by atoms with van der Waals surface area (Å²) in [5.74, 6) is 2.08. The van der Waals surface area contributed by atoms with Crippen molar-refractivity contribution in [3.63, 3.8) is 0 Å². The summed E-state index contributed by atoms with van der Waals surface area (Å²) >= 11 is 0. The molecule has 0 radical (unpaired) electrons. The minimum absolute atomic E-state index is 0.734. The Labute approximate surface area is 126 Å². The Bertz CT molecular complexity index is 561. The van der Waals surface area contributed by atoms with E-state index in [1.165, 1.54) is 50.7 Å². The molecule has 1 aromatic carbocycles. The second kappa shape index (κ2) is 5.82. The third-order valence-corrected chi connectivity index (χ3v) is 4.84. The molecule has 3 heteroatoms. The molecule has 0 bridgehead atoms. The van der Waals surface area contributed by atoms with E-state index in [0.29, 0.717) is 0 Å². The number of fused-ring (bicyclic) bond motifs is 1. The Kier molecular flexibility index (Phi) is 3.70. The summed E-state index contributed by atoms with van der Waals surface area (Å²) in [6.07, 6.45) is 5.43. The van der Waals surface area contributed by atoms with Gasteiger partial charge in [0, 0.05) is 24.5 Å². The zero-order valence-electron chi connectivity index (χ0n) is 12.6. The van der Waals surface area contributed by atoms with Crippen molar-refractivity contribution in [2.45, 2.75) is 38.3 Å². The van der Waals surface area contributed by atoms with Crippen molar-refractivity contribution < 1.29 is 4.42 Å². The fourth-order valence-electron chi connectivity index (χ4n) is 3.29. The van der Waals surface area contributed by atoms with E-state index in [0.717, 1.165) is 29.8 Å². The highest BCUT2D eigenvalue weighted by Gasteiger charge is 2.24. The van der Waals surface area contributed by atoms with E-state index in [9.17, 15) is 0 Å². The second-order valence-electron chi connectivity index (χ2n) is 6.65. The predicted octanol–water partition coefficient (Wildman–Crippen LogP) is 3.40. The zero-order valence-corrected chi connectivity index (χ0v) is 12.6. The molecule has 21 heavy (non-hydrogen) atoms. The molecule has 2 aliphatic rings. The van der Waals surface area contributed by atoms with Crippen LogP contribution in [0.1, 0.15) is 31.4 Å². The SMILES string of the molecule is c1ccc2oc(CN3CCC(NCC4CC4)CC3)cc2c1. The van der Waals surface area contributed by atoms with E-state index in [1.54, 1.807) is 0 Å². The summed E-state index contributed by atoms with van der Waals surface area (Å²) in [4.78, 5) is 2.52. The monoisotopic (exact) mass is 284 g/mol. The smallest absolute Gasteiger partial charge is 0.134 e. The Balaban J connectivity index is 1.29. The van der Waals surface area contributed by atoms with Crippen molar-refractivity contribution in [1.29, 1.82) is 0 Å². The van der Waals surface area contributed by atoms with Crippen LogP contribution in [0.4, 0.5) is 0 Å². The summed E-state index contributed by atoms with van der Waals surface area (Å²) in [5.41, 5.74) is 1.01. The number of nitrogens with zero attached hydrogens (tertiary/aromatic N) is 1. The molecule has 1 aliphatic carbocycles. The maximum Gasteiger partial charge on any atom is 0.134 e. The van der Waals surface area contributed by atoms with Crippen LogP contribution in [0.3, 0.4) is 0 Å². The number of para-hydroxylation sites is 1. The van der Waals surface area contributed by atoms with Gasteiger partial charge in [-0.05, 0) is 50.3 Å². The highest BCUT2D eigenvalue weighted by molar-refractivity contribution is 5.77. The van der Waals surface area contributed by atoms with Gasteiger partial charge in [0.15, 0.2) is 0 Å². The lowest BCUT2D eigenvalue weighted by atomic mass is 10.0. The molecule has 2 heterocycles. The summed E-state index contributed by atoms with van der Waals surface area (Å²) in [6, 6.07) is 11.2. The van der Waals surface area contributed by atoms with Crippen molar-refractivity contribution in [3.8, 4) is 0 Å². The third kappa shape index (κ3) is 3.30. The van der Waals surface area contributed by atoms with Gasteiger partial charge in [-0.15, -0.1) is 0 Å². The van der Waals surface area contributed by atoms with Gasteiger partial charge in [0.05, 0.1) is 6.54 Å². The molecule has 0 unspecified atom stereocenters. The first-order valence-electron chi connectivity index (χ1n) is 8.30. The first-order valence-corrected chi connectivity index (χ1v) is 8.30. The van der Waals surface area contributed by atoms with Gasteiger partial charge in [0.2, 0.25) is 0 Å².